The van der Waals surface area contributed by atoms with Crippen LogP contribution in [0.3, 0.4) is 0 Å². The van der Waals surface area contributed by atoms with Gasteiger partial charge in [-0.2, -0.15) is 0 Å². The van der Waals surface area contributed by atoms with Gasteiger partial charge >= 0.3 is 0 Å². The molecule has 0 radical (unpaired) electrons. The van der Waals surface area contributed by atoms with E-state index in [2.05, 4.69) is 51.7 Å². The van der Waals surface area contributed by atoms with Gasteiger partial charge in [0.15, 0.2) is 0 Å². The maximum atomic E-state index is 4.63. The average Bonchev–Trinajstić information content (AvgIpc) is 2.91. The summed E-state index contributed by atoms with van der Waals surface area (Å²) in [6.07, 6.45) is 1.97. The number of aryl methyl sites for hydroxylation is 1. The Morgan fingerprint density at radius 1 is 1.37 bits per heavy atom. The maximum Gasteiger partial charge on any atom is 0.134 e. The fourth-order valence-corrected chi connectivity index (χ4v) is 2.62. The number of anilines is 2. The Balaban J connectivity index is 2.19. The van der Waals surface area contributed by atoms with Crippen LogP contribution in [0.2, 0.25) is 0 Å². The van der Waals surface area contributed by atoms with E-state index in [0.29, 0.717) is 0 Å². The Morgan fingerprint density at radius 2 is 2.21 bits per heavy atom. The third kappa shape index (κ3) is 3.67. The lowest BCUT2D eigenvalue weighted by molar-refractivity contribution is 0.816. The molecule has 0 aliphatic rings. The number of nitrogens with one attached hydrogen (secondary N) is 1. The van der Waals surface area contributed by atoms with E-state index in [0.717, 1.165) is 36.8 Å². The van der Waals surface area contributed by atoms with Crippen LogP contribution in [0, 0.1) is 0 Å². The highest BCUT2D eigenvalue weighted by molar-refractivity contribution is 7.09. The van der Waals surface area contributed by atoms with Crippen LogP contribution in [0.1, 0.15) is 24.0 Å². The molecule has 2 aromatic heterocycles. The molecule has 0 aromatic carbocycles. The van der Waals surface area contributed by atoms with Crippen LogP contribution in [0.4, 0.5) is 11.6 Å². The number of hydrogen-bond donors (Lipinski definition) is 1. The summed E-state index contributed by atoms with van der Waals surface area (Å²) in [5.74, 6) is 2.75. The Bertz CT molecular complexity index is 510. The highest BCUT2D eigenvalue weighted by atomic mass is 32.1. The Morgan fingerprint density at radius 3 is 2.84 bits per heavy atom. The van der Waals surface area contributed by atoms with Gasteiger partial charge in [0.2, 0.25) is 0 Å². The van der Waals surface area contributed by atoms with Crippen molar-refractivity contribution in [3.05, 3.63) is 34.3 Å². The van der Waals surface area contributed by atoms with Gasteiger partial charge in [-0.1, -0.05) is 13.0 Å². The zero-order chi connectivity index (χ0) is 13.7. The smallest absolute Gasteiger partial charge is 0.134 e. The third-order valence-electron chi connectivity index (χ3n) is 2.85. The van der Waals surface area contributed by atoms with Crippen molar-refractivity contribution in [2.24, 2.45) is 0 Å². The minimum Gasteiger partial charge on any atom is -0.373 e. The summed E-state index contributed by atoms with van der Waals surface area (Å²) in [5, 5.41) is 5.21. The quantitative estimate of drug-likeness (QED) is 0.880. The predicted octanol–water partition coefficient (Wildman–Crippen LogP) is 3.17. The van der Waals surface area contributed by atoms with Crippen molar-refractivity contribution in [2.75, 3.05) is 24.3 Å². The highest BCUT2D eigenvalue weighted by Gasteiger charge is 2.08. The van der Waals surface area contributed by atoms with Gasteiger partial charge in [-0.25, -0.2) is 9.97 Å². The van der Waals surface area contributed by atoms with Gasteiger partial charge in [0.1, 0.15) is 17.5 Å². The van der Waals surface area contributed by atoms with Gasteiger partial charge in [-0.05, 0) is 17.9 Å². The Kier molecular flexibility index (Phi) is 4.74. The molecule has 2 aromatic rings. The van der Waals surface area contributed by atoms with Gasteiger partial charge in [0.25, 0.3) is 0 Å². The molecule has 4 nitrogen and oxygen atoms in total. The van der Waals surface area contributed by atoms with E-state index >= 15 is 0 Å². The van der Waals surface area contributed by atoms with E-state index in [1.807, 2.05) is 13.1 Å². The van der Waals surface area contributed by atoms with E-state index in [1.165, 1.54) is 4.88 Å². The number of rotatable bonds is 6. The lowest BCUT2D eigenvalue weighted by Gasteiger charge is -2.18. The molecule has 0 amide bonds. The summed E-state index contributed by atoms with van der Waals surface area (Å²) >= 11 is 1.77. The molecule has 1 N–H and O–H groups in total. The first-order chi connectivity index (χ1) is 9.22. The lowest BCUT2D eigenvalue weighted by Crippen LogP contribution is -2.18. The molecule has 19 heavy (non-hydrogen) atoms. The standard InChI is InChI=1S/C14H20N4S/c1-4-6-12-16-13(15-2)9-14(17-12)18(3)10-11-7-5-8-19-11/h5,7-9H,4,6,10H2,1-3H3,(H,15,16,17). The molecule has 0 aliphatic carbocycles. The van der Waals surface area contributed by atoms with E-state index < -0.39 is 0 Å². The summed E-state index contributed by atoms with van der Waals surface area (Å²) in [6.45, 7) is 3.02. The number of thiophene rings is 1. The fourth-order valence-electron chi connectivity index (χ4n) is 1.86. The molecule has 0 atom stereocenters. The monoisotopic (exact) mass is 276 g/mol. The predicted molar refractivity (Wildman–Crippen MR) is 82.0 cm³/mol. The molecule has 0 spiro atoms. The van der Waals surface area contributed by atoms with Gasteiger partial charge in [0, 0.05) is 31.5 Å². The third-order valence-corrected chi connectivity index (χ3v) is 3.71. The van der Waals surface area contributed by atoms with E-state index in [1.54, 1.807) is 11.3 Å². The molecule has 0 bridgehead atoms. The second-order valence-corrected chi connectivity index (χ2v) is 5.50. The largest absolute Gasteiger partial charge is 0.373 e. The van der Waals surface area contributed by atoms with Crippen molar-refractivity contribution in [3.63, 3.8) is 0 Å². The lowest BCUT2D eigenvalue weighted by atomic mass is 10.3. The Labute approximate surface area is 118 Å². The van der Waals surface area contributed by atoms with Crippen LogP contribution < -0.4 is 10.2 Å². The molecule has 0 unspecified atom stereocenters. The van der Waals surface area contributed by atoms with Crippen LogP contribution in [0.25, 0.3) is 0 Å². The molecule has 0 fully saturated rings. The Hall–Kier alpha value is -1.62. The number of hydrogen-bond acceptors (Lipinski definition) is 5. The first kappa shape index (κ1) is 13.8. The van der Waals surface area contributed by atoms with Crippen LogP contribution in [-0.4, -0.2) is 24.1 Å². The molecule has 5 heteroatoms. The topological polar surface area (TPSA) is 41.1 Å². The summed E-state index contributed by atoms with van der Waals surface area (Å²) in [7, 11) is 3.96. The number of aromatic nitrogens is 2. The minimum atomic E-state index is 0.878. The molecule has 0 saturated carbocycles. The van der Waals surface area contributed by atoms with Crippen molar-refractivity contribution in [1.82, 2.24) is 9.97 Å². The first-order valence-corrected chi connectivity index (χ1v) is 7.40. The summed E-state index contributed by atoms with van der Waals surface area (Å²) < 4.78 is 0. The van der Waals surface area contributed by atoms with Crippen LogP contribution >= 0.6 is 11.3 Å². The molecule has 0 aliphatic heterocycles. The summed E-state index contributed by atoms with van der Waals surface area (Å²) in [5.41, 5.74) is 0. The van der Waals surface area contributed by atoms with Gasteiger partial charge in [-0.3, -0.25) is 0 Å². The second-order valence-electron chi connectivity index (χ2n) is 4.46. The van der Waals surface area contributed by atoms with Gasteiger partial charge in [0.05, 0.1) is 6.54 Å². The van der Waals surface area contributed by atoms with Crippen molar-refractivity contribution in [2.45, 2.75) is 26.3 Å². The number of nitrogens with zero attached hydrogens (tertiary/aromatic N) is 3. The zero-order valence-electron chi connectivity index (χ0n) is 11.7. The first-order valence-electron chi connectivity index (χ1n) is 6.52. The van der Waals surface area contributed by atoms with Crippen molar-refractivity contribution in [1.29, 1.82) is 0 Å². The van der Waals surface area contributed by atoms with E-state index in [9.17, 15) is 0 Å². The van der Waals surface area contributed by atoms with Crippen LogP contribution in [0.5, 0.6) is 0 Å². The summed E-state index contributed by atoms with van der Waals surface area (Å²) in [4.78, 5) is 12.6. The average molecular weight is 276 g/mol. The van der Waals surface area contributed by atoms with Gasteiger partial charge < -0.3 is 10.2 Å². The van der Waals surface area contributed by atoms with Crippen molar-refractivity contribution in [3.8, 4) is 0 Å². The SMILES string of the molecule is CCCc1nc(NC)cc(N(C)Cc2cccs2)n1. The maximum absolute atomic E-state index is 4.63. The zero-order valence-corrected chi connectivity index (χ0v) is 12.5. The van der Waals surface area contributed by atoms with Gasteiger partial charge in [-0.15, -0.1) is 11.3 Å². The molecule has 2 rings (SSSR count). The van der Waals surface area contributed by atoms with E-state index in [-0.39, 0.29) is 0 Å². The normalized spacial score (nSPS) is 10.5. The van der Waals surface area contributed by atoms with Crippen LogP contribution in [-0.2, 0) is 13.0 Å². The van der Waals surface area contributed by atoms with Crippen molar-refractivity contribution >= 4 is 23.0 Å². The molecule has 102 valence electrons. The summed E-state index contributed by atoms with van der Waals surface area (Å²) in [6, 6.07) is 6.22. The minimum absolute atomic E-state index is 0.878. The molecule has 2 heterocycles. The second kappa shape index (κ2) is 6.52. The molecular formula is C14H20N4S. The van der Waals surface area contributed by atoms with Crippen molar-refractivity contribution < 1.29 is 0 Å². The van der Waals surface area contributed by atoms with Crippen LogP contribution in [0.15, 0.2) is 23.6 Å². The fraction of sp³-hybridized carbons (Fsp3) is 0.429. The van der Waals surface area contributed by atoms with E-state index in [4.69, 9.17) is 0 Å². The molecular weight excluding hydrogens is 256 g/mol. The highest BCUT2D eigenvalue weighted by Crippen LogP contribution is 2.19. The molecule has 0 saturated heterocycles.